The molecule has 0 bridgehead atoms. The monoisotopic (exact) mass is 321 g/mol. The van der Waals surface area contributed by atoms with E-state index in [0.29, 0.717) is 16.6 Å². The third kappa shape index (κ3) is 3.04. The second-order valence-corrected chi connectivity index (χ2v) is 5.77. The lowest BCUT2D eigenvalue weighted by Gasteiger charge is -2.40. The maximum Gasteiger partial charge on any atom is 0.251 e. The summed E-state index contributed by atoms with van der Waals surface area (Å²) in [6, 6.07) is 3.99. The van der Waals surface area contributed by atoms with E-state index < -0.39 is 24.4 Å². The van der Waals surface area contributed by atoms with Gasteiger partial charge in [0.25, 0.3) is 5.91 Å². The highest BCUT2D eigenvalue weighted by Gasteiger charge is 2.40. The van der Waals surface area contributed by atoms with Crippen LogP contribution in [-0.2, 0) is 0 Å². The van der Waals surface area contributed by atoms with E-state index in [1.807, 2.05) is 0 Å². The Morgan fingerprint density at radius 3 is 2.70 bits per heavy atom. The fourth-order valence-electron chi connectivity index (χ4n) is 2.74. The Bertz CT molecular complexity index is 705. The molecule has 9 nitrogen and oxygen atoms in total. The van der Waals surface area contributed by atoms with Gasteiger partial charge >= 0.3 is 0 Å². The second kappa shape index (κ2) is 6.20. The molecule has 1 saturated heterocycles. The molecule has 1 amide bonds. The summed E-state index contributed by atoms with van der Waals surface area (Å²) in [5.41, 5.74) is 1.67. The molecule has 0 aliphatic carbocycles. The molecule has 0 saturated carbocycles. The van der Waals surface area contributed by atoms with E-state index in [4.69, 9.17) is 0 Å². The average molecular weight is 321 g/mol. The number of nitrogens with zero attached hydrogens (tertiary/aromatic N) is 2. The number of carbonyl (C=O) groups is 1. The lowest BCUT2D eigenvalue weighted by atomic mass is 9.91. The molecule has 1 aromatic heterocycles. The molecule has 2 heterocycles. The average Bonchev–Trinajstić information content (AvgIpc) is 3.02. The van der Waals surface area contributed by atoms with E-state index in [-0.39, 0.29) is 18.5 Å². The molecular weight excluding hydrogens is 302 g/mol. The van der Waals surface area contributed by atoms with E-state index in [9.17, 15) is 20.1 Å². The lowest BCUT2D eigenvalue weighted by molar-refractivity contribution is -0.109. The standard InChI is InChI=1S/C14H19N5O4/c1-6-11(20)13(22)12(21)10(16-6)5-15-14(23)7-2-3-8-9(4-7)18-19-17-8/h2-4,6,10-13,16,20-22H,5H2,1H3,(H,15,23)(H,17,18,19)/t6-,10+,11+,12+,13+/m0/s1. The van der Waals surface area contributed by atoms with Gasteiger partial charge < -0.3 is 26.0 Å². The number of aliphatic hydroxyl groups is 3. The Morgan fingerprint density at radius 2 is 1.91 bits per heavy atom. The van der Waals surface area contributed by atoms with Crippen molar-refractivity contribution in [2.24, 2.45) is 0 Å². The zero-order chi connectivity index (χ0) is 16.6. The molecule has 5 atom stereocenters. The van der Waals surface area contributed by atoms with Crippen LogP contribution in [0.15, 0.2) is 18.2 Å². The summed E-state index contributed by atoms with van der Waals surface area (Å²) in [5.74, 6) is -0.322. The topological polar surface area (TPSA) is 143 Å². The fraction of sp³-hybridized carbons (Fsp3) is 0.500. The van der Waals surface area contributed by atoms with Crippen LogP contribution in [0.4, 0.5) is 0 Å². The van der Waals surface area contributed by atoms with Crippen LogP contribution >= 0.6 is 0 Å². The molecule has 1 fully saturated rings. The van der Waals surface area contributed by atoms with E-state index in [0.717, 1.165) is 0 Å². The Labute approximate surface area is 131 Å². The van der Waals surface area contributed by atoms with Gasteiger partial charge in [-0.05, 0) is 25.1 Å². The third-order valence-corrected chi connectivity index (χ3v) is 4.16. The van der Waals surface area contributed by atoms with E-state index in [2.05, 4.69) is 26.0 Å². The van der Waals surface area contributed by atoms with Gasteiger partial charge in [-0.25, -0.2) is 0 Å². The number of rotatable bonds is 3. The number of hydrogen-bond donors (Lipinski definition) is 6. The van der Waals surface area contributed by atoms with Crippen molar-refractivity contribution in [3.63, 3.8) is 0 Å². The van der Waals surface area contributed by atoms with Crippen molar-refractivity contribution >= 4 is 16.9 Å². The van der Waals surface area contributed by atoms with Gasteiger partial charge in [-0.2, -0.15) is 15.4 Å². The molecule has 2 aromatic rings. The van der Waals surface area contributed by atoms with Crippen LogP contribution in [0.1, 0.15) is 17.3 Å². The zero-order valence-electron chi connectivity index (χ0n) is 12.5. The van der Waals surface area contributed by atoms with Crippen LogP contribution in [0.2, 0.25) is 0 Å². The summed E-state index contributed by atoms with van der Waals surface area (Å²) in [6.07, 6.45) is -3.47. The van der Waals surface area contributed by atoms with Gasteiger partial charge in [0.15, 0.2) is 0 Å². The minimum Gasteiger partial charge on any atom is -0.389 e. The largest absolute Gasteiger partial charge is 0.389 e. The van der Waals surface area contributed by atoms with Crippen molar-refractivity contribution in [2.75, 3.05) is 6.54 Å². The first-order valence-electron chi connectivity index (χ1n) is 7.36. The maximum absolute atomic E-state index is 12.2. The Balaban J connectivity index is 1.64. The molecule has 6 N–H and O–H groups in total. The first kappa shape index (κ1) is 15.8. The number of hydrogen-bond acceptors (Lipinski definition) is 7. The number of nitrogens with one attached hydrogen (secondary N) is 3. The van der Waals surface area contributed by atoms with Gasteiger partial charge in [0.05, 0.1) is 18.2 Å². The van der Waals surface area contributed by atoms with Crippen molar-refractivity contribution < 1.29 is 20.1 Å². The van der Waals surface area contributed by atoms with Crippen LogP contribution < -0.4 is 10.6 Å². The number of aromatic amines is 1. The molecule has 1 aliphatic heterocycles. The number of amides is 1. The van der Waals surface area contributed by atoms with Gasteiger partial charge in [0, 0.05) is 18.2 Å². The molecule has 0 radical (unpaired) electrons. The van der Waals surface area contributed by atoms with E-state index in [1.54, 1.807) is 25.1 Å². The summed E-state index contributed by atoms with van der Waals surface area (Å²) in [4.78, 5) is 12.2. The first-order valence-corrected chi connectivity index (χ1v) is 7.36. The summed E-state index contributed by atoms with van der Waals surface area (Å²) in [6.45, 7) is 1.82. The van der Waals surface area contributed by atoms with Crippen LogP contribution in [-0.4, -0.2) is 73.6 Å². The minimum atomic E-state index is -1.25. The van der Waals surface area contributed by atoms with Crippen molar-refractivity contribution in [1.82, 2.24) is 26.0 Å². The number of benzene rings is 1. The smallest absolute Gasteiger partial charge is 0.251 e. The second-order valence-electron chi connectivity index (χ2n) is 5.77. The first-order chi connectivity index (χ1) is 11.0. The molecule has 1 aromatic carbocycles. The number of piperidine rings is 1. The number of carbonyl (C=O) groups excluding carboxylic acids is 1. The third-order valence-electron chi connectivity index (χ3n) is 4.16. The highest BCUT2D eigenvalue weighted by molar-refractivity contribution is 5.97. The summed E-state index contributed by atoms with van der Waals surface area (Å²) in [7, 11) is 0. The number of fused-ring (bicyclic) bond motifs is 1. The molecule has 0 unspecified atom stereocenters. The molecule has 124 valence electrons. The zero-order valence-corrected chi connectivity index (χ0v) is 12.5. The number of aliphatic hydroxyl groups excluding tert-OH is 3. The van der Waals surface area contributed by atoms with Crippen molar-refractivity contribution in [3.8, 4) is 0 Å². The van der Waals surface area contributed by atoms with Gasteiger partial charge in [-0.1, -0.05) is 0 Å². The Morgan fingerprint density at radius 1 is 1.17 bits per heavy atom. The molecular formula is C14H19N5O4. The van der Waals surface area contributed by atoms with Crippen molar-refractivity contribution in [3.05, 3.63) is 23.8 Å². The highest BCUT2D eigenvalue weighted by Crippen LogP contribution is 2.15. The normalized spacial score (nSPS) is 31.2. The molecule has 1 aliphatic rings. The lowest BCUT2D eigenvalue weighted by Crippen LogP contribution is -2.66. The Hall–Kier alpha value is -2.07. The van der Waals surface area contributed by atoms with Gasteiger partial charge in [0.2, 0.25) is 0 Å². The van der Waals surface area contributed by atoms with Crippen LogP contribution in [0.5, 0.6) is 0 Å². The quantitative estimate of drug-likeness (QED) is 0.389. The predicted octanol–water partition coefficient (Wildman–Crippen LogP) is -1.87. The summed E-state index contributed by atoms with van der Waals surface area (Å²) in [5, 5.41) is 45.5. The number of H-pyrrole nitrogens is 1. The summed E-state index contributed by atoms with van der Waals surface area (Å²) >= 11 is 0. The molecule has 9 heteroatoms. The van der Waals surface area contributed by atoms with Crippen molar-refractivity contribution in [1.29, 1.82) is 0 Å². The molecule has 23 heavy (non-hydrogen) atoms. The molecule has 3 rings (SSSR count). The van der Waals surface area contributed by atoms with Crippen LogP contribution in [0.3, 0.4) is 0 Å². The fourth-order valence-corrected chi connectivity index (χ4v) is 2.74. The predicted molar refractivity (Wildman–Crippen MR) is 80.6 cm³/mol. The molecule has 0 spiro atoms. The van der Waals surface area contributed by atoms with Gasteiger partial charge in [-0.3, -0.25) is 4.79 Å². The Kier molecular flexibility index (Phi) is 4.26. The van der Waals surface area contributed by atoms with Gasteiger partial charge in [-0.15, -0.1) is 0 Å². The number of aromatic nitrogens is 3. The minimum absolute atomic E-state index is 0.116. The van der Waals surface area contributed by atoms with Crippen LogP contribution in [0, 0.1) is 0 Å². The SMILES string of the molecule is C[C@@H]1N[C@H](CNC(=O)c2ccc3n[nH]nc3c2)[C@@H](O)[C@H](O)[C@@H]1O. The van der Waals surface area contributed by atoms with Crippen LogP contribution in [0.25, 0.3) is 11.0 Å². The maximum atomic E-state index is 12.2. The van der Waals surface area contributed by atoms with E-state index >= 15 is 0 Å². The van der Waals surface area contributed by atoms with E-state index in [1.165, 1.54) is 0 Å². The van der Waals surface area contributed by atoms with Gasteiger partial charge in [0.1, 0.15) is 17.1 Å². The highest BCUT2D eigenvalue weighted by atomic mass is 16.4. The van der Waals surface area contributed by atoms with Crippen molar-refractivity contribution in [2.45, 2.75) is 37.3 Å². The summed E-state index contributed by atoms with van der Waals surface area (Å²) < 4.78 is 0.